The van der Waals surface area contributed by atoms with Crippen molar-refractivity contribution in [3.63, 3.8) is 0 Å². The van der Waals surface area contributed by atoms with Crippen LogP contribution in [0.3, 0.4) is 0 Å². The number of methoxy groups -OCH3 is 1. The highest BCUT2D eigenvalue weighted by Gasteiger charge is 2.08. The minimum absolute atomic E-state index is 0.115. The largest absolute Gasteiger partial charge is 0.383 e. The maximum atomic E-state index is 11.2. The summed E-state index contributed by atoms with van der Waals surface area (Å²) in [5.74, 6) is -0.113. The van der Waals surface area contributed by atoms with Gasteiger partial charge < -0.3 is 15.4 Å². The number of hydrogen-bond acceptors (Lipinski definition) is 3. The Labute approximate surface area is 90.6 Å². The molecule has 5 nitrogen and oxygen atoms in total. The number of rotatable bonds is 7. The molecule has 0 radical (unpaired) electrons. The number of hydrogen-bond donors (Lipinski definition) is 2. The number of amides is 2. The average Bonchev–Trinajstić information content (AvgIpc) is 2.15. The number of nitrogens with one attached hydrogen (secondary N) is 2. The predicted octanol–water partition coefficient (Wildman–Crippen LogP) is -0.0887. The Morgan fingerprint density at radius 2 is 1.80 bits per heavy atom. The third-order valence-corrected chi connectivity index (χ3v) is 1.66. The normalized spacial score (nSPS) is 10.1. The Hall–Kier alpha value is -1.10. The van der Waals surface area contributed by atoms with Crippen molar-refractivity contribution >= 4 is 11.8 Å². The van der Waals surface area contributed by atoms with Crippen LogP contribution in [0.5, 0.6) is 0 Å². The second-order valence-electron chi connectivity index (χ2n) is 3.72. The lowest BCUT2D eigenvalue weighted by Crippen LogP contribution is -2.34. The van der Waals surface area contributed by atoms with E-state index in [1.165, 1.54) is 0 Å². The summed E-state index contributed by atoms with van der Waals surface area (Å²) >= 11 is 0. The minimum atomic E-state index is -0.270. The molecule has 0 aromatic rings. The molecule has 5 heteroatoms. The van der Waals surface area contributed by atoms with Crippen LogP contribution in [0.4, 0.5) is 0 Å². The summed E-state index contributed by atoms with van der Waals surface area (Å²) in [6.07, 6.45) is -0.115. The maximum absolute atomic E-state index is 11.2. The molecule has 0 aromatic heterocycles. The molecule has 0 spiro atoms. The van der Waals surface area contributed by atoms with E-state index in [4.69, 9.17) is 4.74 Å². The first-order valence-electron chi connectivity index (χ1n) is 5.08. The van der Waals surface area contributed by atoms with Gasteiger partial charge in [0.15, 0.2) is 0 Å². The molecule has 88 valence electrons. The Bertz CT molecular complexity index is 205. The highest BCUT2D eigenvalue weighted by atomic mass is 16.5. The maximum Gasteiger partial charge on any atom is 0.229 e. The molecule has 0 aliphatic heterocycles. The van der Waals surface area contributed by atoms with Gasteiger partial charge in [-0.15, -0.1) is 0 Å². The quantitative estimate of drug-likeness (QED) is 0.462. The third-order valence-electron chi connectivity index (χ3n) is 1.66. The fraction of sp³-hybridized carbons (Fsp3) is 0.800. The van der Waals surface area contributed by atoms with Crippen molar-refractivity contribution in [2.45, 2.75) is 20.3 Å². The van der Waals surface area contributed by atoms with Gasteiger partial charge in [-0.1, -0.05) is 13.8 Å². The molecule has 2 amide bonds. The van der Waals surface area contributed by atoms with Crippen molar-refractivity contribution in [2.24, 2.45) is 5.92 Å². The topological polar surface area (TPSA) is 67.4 Å². The van der Waals surface area contributed by atoms with Crippen molar-refractivity contribution in [3.05, 3.63) is 0 Å². The van der Waals surface area contributed by atoms with E-state index < -0.39 is 0 Å². The minimum Gasteiger partial charge on any atom is -0.383 e. The van der Waals surface area contributed by atoms with E-state index in [9.17, 15) is 9.59 Å². The Morgan fingerprint density at radius 1 is 1.20 bits per heavy atom. The van der Waals surface area contributed by atoms with Crippen molar-refractivity contribution in [1.29, 1.82) is 0 Å². The van der Waals surface area contributed by atoms with Crippen LogP contribution in [-0.2, 0) is 14.3 Å². The van der Waals surface area contributed by atoms with Crippen LogP contribution >= 0.6 is 0 Å². The molecule has 0 saturated heterocycles. The van der Waals surface area contributed by atoms with Gasteiger partial charge in [-0.3, -0.25) is 9.59 Å². The third kappa shape index (κ3) is 9.21. The second-order valence-corrected chi connectivity index (χ2v) is 3.72. The first-order chi connectivity index (χ1) is 7.06. The van der Waals surface area contributed by atoms with Crippen LogP contribution in [0.15, 0.2) is 0 Å². The van der Waals surface area contributed by atoms with Crippen molar-refractivity contribution in [3.8, 4) is 0 Å². The average molecular weight is 216 g/mol. The van der Waals surface area contributed by atoms with Crippen LogP contribution in [0.1, 0.15) is 20.3 Å². The molecule has 0 aliphatic carbocycles. The van der Waals surface area contributed by atoms with Crippen molar-refractivity contribution in [1.82, 2.24) is 10.6 Å². The van der Waals surface area contributed by atoms with E-state index in [0.717, 1.165) is 0 Å². The smallest absolute Gasteiger partial charge is 0.229 e. The summed E-state index contributed by atoms with van der Waals surface area (Å²) in [6.45, 7) is 5.49. The Balaban J connectivity index is 3.53. The molecular formula is C10H20N2O3. The zero-order valence-electron chi connectivity index (χ0n) is 9.63. The molecule has 15 heavy (non-hydrogen) atoms. The standard InChI is InChI=1S/C10H20N2O3/c1-8(2)7-12-10(14)6-9(13)11-4-5-15-3/h8H,4-7H2,1-3H3,(H,11,13)(H,12,14). The first-order valence-corrected chi connectivity index (χ1v) is 5.08. The van der Waals surface area contributed by atoms with Gasteiger partial charge in [0.05, 0.1) is 6.61 Å². The van der Waals surface area contributed by atoms with Crippen LogP contribution in [-0.4, -0.2) is 38.6 Å². The van der Waals surface area contributed by atoms with Gasteiger partial charge >= 0.3 is 0 Å². The molecule has 0 fully saturated rings. The second kappa shape index (κ2) is 8.23. The van der Waals surface area contributed by atoms with Crippen LogP contribution in [0.25, 0.3) is 0 Å². The number of carbonyl (C=O) groups is 2. The van der Waals surface area contributed by atoms with Gasteiger partial charge in [0.2, 0.25) is 11.8 Å². The number of ether oxygens (including phenoxy) is 1. The fourth-order valence-corrected chi connectivity index (χ4v) is 0.881. The lowest BCUT2D eigenvalue weighted by molar-refractivity contribution is -0.129. The molecule has 0 atom stereocenters. The lowest BCUT2D eigenvalue weighted by atomic mass is 10.2. The van der Waals surface area contributed by atoms with Gasteiger partial charge in [0, 0.05) is 20.2 Å². The molecule has 0 aliphatic rings. The summed E-state index contributed by atoms with van der Waals surface area (Å²) in [5.41, 5.74) is 0. The fourth-order valence-electron chi connectivity index (χ4n) is 0.881. The van der Waals surface area contributed by atoms with Gasteiger partial charge in [0.1, 0.15) is 6.42 Å². The number of carbonyl (C=O) groups excluding carboxylic acids is 2. The SMILES string of the molecule is COCCNC(=O)CC(=O)NCC(C)C. The molecule has 0 heterocycles. The van der Waals surface area contributed by atoms with Crippen LogP contribution < -0.4 is 10.6 Å². The molecular weight excluding hydrogens is 196 g/mol. The Morgan fingerprint density at radius 3 is 2.33 bits per heavy atom. The van der Waals surface area contributed by atoms with Gasteiger partial charge in [-0.05, 0) is 5.92 Å². The van der Waals surface area contributed by atoms with Crippen LogP contribution in [0, 0.1) is 5.92 Å². The van der Waals surface area contributed by atoms with Gasteiger partial charge in [-0.2, -0.15) is 0 Å². The molecule has 0 saturated carbocycles. The summed E-state index contributed by atoms with van der Waals surface area (Å²) in [5, 5.41) is 5.25. The van der Waals surface area contributed by atoms with Crippen molar-refractivity contribution in [2.75, 3.05) is 26.8 Å². The van der Waals surface area contributed by atoms with E-state index in [0.29, 0.717) is 25.6 Å². The van der Waals surface area contributed by atoms with Gasteiger partial charge in [-0.25, -0.2) is 0 Å². The monoisotopic (exact) mass is 216 g/mol. The zero-order chi connectivity index (χ0) is 11.7. The molecule has 0 bridgehead atoms. The van der Waals surface area contributed by atoms with E-state index >= 15 is 0 Å². The van der Waals surface area contributed by atoms with Crippen molar-refractivity contribution < 1.29 is 14.3 Å². The van der Waals surface area contributed by atoms with Crippen LogP contribution in [0.2, 0.25) is 0 Å². The van der Waals surface area contributed by atoms with E-state index in [-0.39, 0.29) is 18.2 Å². The predicted molar refractivity (Wildman–Crippen MR) is 57.4 cm³/mol. The zero-order valence-corrected chi connectivity index (χ0v) is 9.63. The van der Waals surface area contributed by atoms with Gasteiger partial charge in [0.25, 0.3) is 0 Å². The Kier molecular flexibility index (Phi) is 7.62. The molecule has 0 aromatic carbocycles. The highest BCUT2D eigenvalue weighted by molar-refractivity contribution is 5.96. The highest BCUT2D eigenvalue weighted by Crippen LogP contribution is 1.88. The van der Waals surface area contributed by atoms with E-state index in [1.54, 1.807) is 7.11 Å². The summed E-state index contributed by atoms with van der Waals surface area (Å²) in [7, 11) is 1.56. The molecule has 2 N–H and O–H groups in total. The summed E-state index contributed by atoms with van der Waals surface area (Å²) in [6, 6.07) is 0. The lowest BCUT2D eigenvalue weighted by Gasteiger charge is -2.07. The van der Waals surface area contributed by atoms with E-state index in [2.05, 4.69) is 10.6 Å². The first kappa shape index (κ1) is 13.9. The summed E-state index contributed by atoms with van der Waals surface area (Å²) < 4.78 is 4.76. The van der Waals surface area contributed by atoms with E-state index in [1.807, 2.05) is 13.8 Å². The summed E-state index contributed by atoms with van der Waals surface area (Å²) in [4.78, 5) is 22.3. The molecule has 0 unspecified atom stereocenters. The molecule has 0 rings (SSSR count).